The first-order chi connectivity index (χ1) is 11.6. The van der Waals surface area contributed by atoms with Crippen LogP contribution in [0.2, 0.25) is 0 Å². The summed E-state index contributed by atoms with van der Waals surface area (Å²) in [6, 6.07) is 17.2. The number of hydrogen-bond donors (Lipinski definition) is 1. The highest BCUT2D eigenvalue weighted by molar-refractivity contribution is 5.94. The van der Waals surface area contributed by atoms with Crippen LogP contribution in [0.25, 0.3) is 0 Å². The first kappa shape index (κ1) is 21.2. The van der Waals surface area contributed by atoms with Crippen molar-refractivity contribution >= 4 is 18.2 Å². The van der Waals surface area contributed by atoms with E-state index >= 15 is 0 Å². The third kappa shape index (κ3) is 7.26. The number of aliphatic hydroxyl groups excluding tert-OH is 1. The number of carbonyl (C=O) groups is 1. The van der Waals surface area contributed by atoms with Crippen LogP contribution in [0.15, 0.2) is 54.6 Å². The number of hydrogen-bond acceptors (Lipinski definition) is 4. The van der Waals surface area contributed by atoms with Crippen molar-refractivity contribution in [2.45, 2.75) is 26.5 Å². The molecule has 0 saturated carbocycles. The summed E-state index contributed by atoms with van der Waals surface area (Å²) < 4.78 is 5.61. The van der Waals surface area contributed by atoms with E-state index in [1.807, 2.05) is 18.2 Å². The first-order valence-corrected chi connectivity index (χ1v) is 8.26. The molecule has 136 valence electrons. The van der Waals surface area contributed by atoms with Crippen LogP contribution in [0, 0.1) is 0 Å². The van der Waals surface area contributed by atoms with Gasteiger partial charge in [-0.3, -0.25) is 9.69 Å². The molecule has 2 rings (SSSR count). The summed E-state index contributed by atoms with van der Waals surface area (Å²) in [6.45, 7) is 6.06. The number of likely N-dealkylation sites (N-methyl/N-ethyl adjacent to an activating group) is 1. The topological polar surface area (TPSA) is 49.8 Å². The van der Waals surface area contributed by atoms with Gasteiger partial charge in [-0.15, -0.1) is 12.4 Å². The standard InChI is InChI=1S/C20H25NO3.ClH/c1-3-21(13-17-7-5-4-6-8-17)14-19(23)15-24-20-11-9-18(10-12-20)16(2)22;/h4-12,19,23H,3,13-15H2,1-2H3;1H. The van der Waals surface area contributed by atoms with E-state index in [-0.39, 0.29) is 24.8 Å². The molecule has 4 nitrogen and oxygen atoms in total. The third-order valence-corrected chi connectivity index (χ3v) is 3.87. The Kier molecular flexibility index (Phi) is 9.21. The van der Waals surface area contributed by atoms with Gasteiger partial charge in [-0.2, -0.15) is 0 Å². The van der Waals surface area contributed by atoms with Crippen molar-refractivity contribution in [3.8, 4) is 5.75 Å². The Morgan fingerprint density at radius 1 is 1.12 bits per heavy atom. The molecule has 2 aromatic carbocycles. The second-order valence-electron chi connectivity index (χ2n) is 5.86. The summed E-state index contributed by atoms with van der Waals surface area (Å²) in [6.07, 6.45) is -0.568. The number of benzene rings is 2. The third-order valence-electron chi connectivity index (χ3n) is 3.87. The summed E-state index contributed by atoms with van der Waals surface area (Å²) in [5.41, 5.74) is 1.88. The van der Waals surface area contributed by atoms with E-state index in [9.17, 15) is 9.90 Å². The fourth-order valence-corrected chi connectivity index (χ4v) is 2.48. The molecule has 1 atom stereocenters. The molecular weight excluding hydrogens is 338 g/mol. The Balaban J connectivity index is 0.00000312. The molecule has 0 aliphatic rings. The molecule has 0 aliphatic heterocycles. The number of nitrogens with zero attached hydrogens (tertiary/aromatic N) is 1. The maximum Gasteiger partial charge on any atom is 0.159 e. The minimum Gasteiger partial charge on any atom is -0.491 e. The Labute approximate surface area is 155 Å². The predicted molar refractivity (Wildman–Crippen MR) is 103 cm³/mol. The van der Waals surface area contributed by atoms with E-state index < -0.39 is 6.10 Å². The van der Waals surface area contributed by atoms with Crippen LogP contribution in [0.3, 0.4) is 0 Å². The molecular formula is C20H26ClNO3. The van der Waals surface area contributed by atoms with Crippen LogP contribution in [-0.4, -0.2) is 41.6 Å². The number of aliphatic hydroxyl groups is 1. The second-order valence-corrected chi connectivity index (χ2v) is 5.86. The summed E-state index contributed by atoms with van der Waals surface area (Å²) in [5, 5.41) is 10.2. The van der Waals surface area contributed by atoms with Gasteiger partial charge < -0.3 is 9.84 Å². The van der Waals surface area contributed by atoms with E-state index in [1.54, 1.807) is 24.3 Å². The lowest BCUT2D eigenvalue weighted by Crippen LogP contribution is -2.35. The molecule has 0 radical (unpaired) electrons. The van der Waals surface area contributed by atoms with Gasteiger partial charge in [0.1, 0.15) is 18.5 Å². The van der Waals surface area contributed by atoms with Crippen molar-refractivity contribution in [2.75, 3.05) is 19.7 Å². The van der Waals surface area contributed by atoms with Crippen LogP contribution >= 0.6 is 12.4 Å². The lowest BCUT2D eigenvalue weighted by atomic mass is 10.1. The van der Waals surface area contributed by atoms with Gasteiger partial charge in [0.2, 0.25) is 0 Å². The van der Waals surface area contributed by atoms with Gasteiger partial charge in [-0.05, 0) is 43.3 Å². The molecule has 25 heavy (non-hydrogen) atoms. The van der Waals surface area contributed by atoms with Gasteiger partial charge in [0, 0.05) is 18.7 Å². The molecule has 0 amide bonds. The van der Waals surface area contributed by atoms with Crippen LogP contribution in [-0.2, 0) is 6.54 Å². The smallest absolute Gasteiger partial charge is 0.159 e. The number of Topliss-reactive ketones (excluding diaryl/α,β-unsaturated/α-hetero) is 1. The predicted octanol–water partition coefficient (Wildman–Crippen LogP) is 3.57. The highest BCUT2D eigenvalue weighted by atomic mass is 35.5. The van der Waals surface area contributed by atoms with E-state index in [1.165, 1.54) is 12.5 Å². The number of ether oxygens (including phenoxy) is 1. The zero-order valence-corrected chi connectivity index (χ0v) is 15.5. The van der Waals surface area contributed by atoms with Crippen molar-refractivity contribution < 1.29 is 14.6 Å². The number of carbonyl (C=O) groups excluding carboxylic acids is 1. The zero-order valence-electron chi connectivity index (χ0n) is 14.7. The van der Waals surface area contributed by atoms with Gasteiger partial charge >= 0.3 is 0 Å². The molecule has 2 aromatic rings. The molecule has 5 heteroatoms. The Bertz CT molecular complexity index is 631. The van der Waals surface area contributed by atoms with Gasteiger partial charge in [0.15, 0.2) is 5.78 Å². The highest BCUT2D eigenvalue weighted by Crippen LogP contribution is 2.13. The molecule has 0 fully saturated rings. The molecule has 0 aromatic heterocycles. The minimum atomic E-state index is -0.568. The maximum atomic E-state index is 11.2. The van der Waals surface area contributed by atoms with Crippen molar-refractivity contribution in [3.05, 3.63) is 65.7 Å². The Morgan fingerprint density at radius 2 is 1.76 bits per heavy atom. The van der Waals surface area contributed by atoms with E-state index in [0.29, 0.717) is 17.9 Å². The van der Waals surface area contributed by atoms with Crippen molar-refractivity contribution in [2.24, 2.45) is 0 Å². The van der Waals surface area contributed by atoms with Gasteiger partial charge in [-0.1, -0.05) is 37.3 Å². The zero-order chi connectivity index (χ0) is 17.4. The molecule has 1 unspecified atom stereocenters. The summed E-state index contributed by atoms with van der Waals surface area (Å²) in [7, 11) is 0. The molecule has 1 N–H and O–H groups in total. The number of rotatable bonds is 9. The average Bonchev–Trinajstić information content (AvgIpc) is 2.60. The van der Waals surface area contributed by atoms with E-state index in [4.69, 9.17) is 4.74 Å². The first-order valence-electron chi connectivity index (χ1n) is 8.26. The van der Waals surface area contributed by atoms with E-state index in [0.717, 1.165) is 13.1 Å². The average molecular weight is 364 g/mol. The number of halogens is 1. The SMILES string of the molecule is CCN(Cc1ccccc1)CC(O)COc1ccc(C(C)=O)cc1.Cl. The minimum absolute atomic E-state index is 0. The summed E-state index contributed by atoms with van der Waals surface area (Å²) >= 11 is 0. The fraction of sp³-hybridized carbons (Fsp3) is 0.350. The Morgan fingerprint density at radius 3 is 2.32 bits per heavy atom. The van der Waals surface area contributed by atoms with Crippen LogP contribution in [0.1, 0.15) is 29.8 Å². The number of ketones is 1. The normalized spacial score (nSPS) is 11.7. The fourth-order valence-electron chi connectivity index (χ4n) is 2.48. The molecule has 0 spiro atoms. The van der Waals surface area contributed by atoms with Crippen LogP contribution in [0.4, 0.5) is 0 Å². The maximum absolute atomic E-state index is 11.2. The quantitative estimate of drug-likeness (QED) is 0.692. The molecule has 0 saturated heterocycles. The monoisotopic (exact) mass is 363 g/mol. The van der Waals surface area contributed by atoms with Crippen LogP contribution in [0.5, 0.6) is 5.75 Å². The molecule has 0 aliphatic carbocycles. The van der Waals surface area contributed by atoms with Gasteiger partial charge in [-0.25, -0.2) is 0 Å². The van der Waals surface area contributed by atoms with Crippen molar-refractivity contribution in [1.82, 2.24) is 4.90 Å². The van der Waals surface area contributed by atoms with Gasteiger partial charge in [0.05, 0.1) is 0 Å². The summed E-state index contributed by atoms with van der Waals surface area (Å²) in [5.74, 6) is 0.686. The van der Waals surface area contributed by atoms with Crippen molar-refractivity contribution in [3.63, 3.8) is 0 Å². The van der Waals surface area contributed by atoms with Crippen LogP contribution < -0.4 is 4.74 Å². The Hall–Kier alpha value is -1.88. The van der Waals surface area contributed by atoms with Crippen molar-refractivity contribution in [1.29, 1.82) is 0 Å². The molecule has 0 bridgehead atoms. The highest BCUT2D eigenvalue weighted by Gasteiger charge is 2.12. The molecule has 0 heterocycles. The second kappa shape index (κ2) is 10.9. The summed E-state index contributed by atoms with van der Waals surface area (Å²) in [4.78, 5) is 13.4. The lowest BCUT2D eigenvalue weighted by molar-refractivity contribution is 0.0674. The lowest BCUT2D eigenvalue weighted by Gasteiger charge is -2.23. The van der Waals surface area contributed by atoms with E-state index in [2.05, 4.69) is 24.0 Å². The van der Waals surface area contributed by atoms with Gasteiger partial charge in [0.25, 0.3) is 0 Å². The largest absolute Gasteiger partial charge is 0.491 e.